The molecule has 1 fully saturated rings. The van der Waals surface area contributed by atoms with Gasteiger partial charge in [0.25, 0.3) is 0 Å². The van der Waals surface area contributed by atoms with Gasteiger partial charge in [-0.25, -0.2) is 4.39 Å². The van der Waals surface area contributed by atoms with E-state index in [1.165, 1.54) is 6.07 Å². The zero-order valence-corrected chi connectivity index (χ0v) is 17.9. The molecule has 0 bridgehead atoms. The van der Waals surface area contributed by atoms with Crippen LogP contribution in [0.5, 0.6) is 0 Å². The van der Waals surface area contributed by atoms with Crippen molar-refractivity contribution in [3.05, 3.63) is 53.7 Å². The normalized spacial score (nSPS) is 15.5. The first-order valence-corrected chi connectivity index (χ1v) is 9.14. The highest BCUT2D eigenvalue weighted by Crippen LogP contribution is 2.08. The van der Waals surface area contributed by atoms with E-state index in [2.05, 4.69) is 27.2 Å². The van der Waals surface area contributed by atoms with Crippen LogP contribution in [0.3, 0.4) is 0 Å². The van der Waals surface area contributed by atoms with Gasteiger partial charge in [0.15, 0.2) is 5.96 Å². The molecule has 27 heavy (non-hydrogen) atoms. The SMILES string of the molecule is CCNC(=NCCc1cccc(F)c1)N1CCN(Cc2ccon2)CC1.I. The largest absolute Gasteiger partial charge is 0.364 e. The number of hydrogen-bond acceptors (Lipinski definition) is 4. The number of hydrogen-bond donors (Lipinski definition) is 1. The molecule has 2 heterocycles. The Morgan fingerprint density at radius 2 is 2.07 bits per heavy atom. The topological polar surface area (TPSA) is 56.9 Å². The van der Waals surface area contributed by atoms with Crippen LogP contribution in [0.15, 0.2) is 46.1 Å². The lowest BCUT2D eigenvalue weighted by molar-refractivity contribution is 0.169. The number of nitrogens with one attached hydrogen (secondary N) is 1. The Kier molecular flexibility index (Phi) is 8.99. The summed E-state index contributed by atoms with van der Waals surface area (Å²) in [5.74, 6) is 0.742. The third-order valence-electron chi connectivity index (χ3n) is 4.43. The van der Waals surface area contributed by atoms with Crippen LogP contribution in [0, 0.1) is 5.82 Å². The molecule has 0 saturated carbocycles. The first-order chi connectivity index (χ1) is 12.7. The van der Waals surface area contributed by atoms with Gasteiger partial charge in [0.1, 0.15) is 12.1 Å². The summed E-state index contributed by atoms with van der Waals surface area (Å²) < 4.78 is 18.2. The van der Waals surface area contributed by atoms with E-state index in [0.29, 0.717) is 6.54 Å². The summed E-state index contributed by atoms with van der Waals surface area (Å²) >= 11 is 0. The van der Waals surface area contributed by atoms with Gasteiger partial charge in [0.2, 0.25) is 0 Å². The van der Waals surface area contributed by atoms with Crippen molar-refractivity contribution in [1.29, 1.82) is 0 Å². The highest BCUT2D eigenvalue weighted by atomic mass is 127. The third kappa shape index (κ3) is 6.76. The second-order valence-electron chi connectivity index (χ2n) is 6.37. The minimum absolute atomic E-state index is 0. The maximum absolute atomic E-state index is 13.3. The second kappa shape index (κ2) is 11.2. The van der Waals surface area contributed by atoms with Gasteiger partial charge in [-0.15, -0.1) is 24.0 Å². The average molecular weight is 487 g/mol. The quantitative estimate of drug-likeness (QED) is 0.386. The van der Waals surface area contributed by atoms with Gasteiger partial charge in [-0.05, 0) is 31.0 Å². The van der Waals surface area contributed by atoms with Crippen LogP contribution in [0.1, 0.15) is 18.2 Å². The molecule has 1 saturated heterocycles. The van der Waals surface area contributed by atoms with E-state index in [4.69, 9.17) is 9.52 Å². The Bertz CT molecular complexity index is 702. The molecule has 0 radical (unpaired) electrons. The Morgan fingerprint density at radius 3 is 2.74 bits per heavy atom. The van der Waals surface area contributed by atoms with Crippen LogP contribution >= 0.6 is 24.0 Å². The number of aromatic nitrogens is 1. The molecular weight excluding hydrogens is 460 g/mol. The van der Waals surface area contributed by atoms with E-state index in [1.807, 2.05) is 12.1 Å². The fourth-order valence-electron chi connectivity index (χ4n) is 3.08. The molecule has 1 aliphatic heterocycles. The Labute approximate surface area is 176 Å². The smallest absolute Gasteiger partial charge is 0.194 e. The van der Waals surface area contributed by atoms with Gasteiger partial charge in [-0.2, -0.15) is 0 Å². The molecule has 6 nitrogen and oxygen atoms in total. The summed E-state index contributed by atoms with van der Waals surface area (Å²) in [7, 11) is 0. The monoisotopic (exact) mass is 487 g/mol. The molecule has 148 valence electrons. The number of nitrogens with zero attached hydrogens (tertiary/aromatic N) is 4. The minimum Gasteiger partial charge on any atom is -0.364 e. The second-order valence-corrected chi connectivity index (χ2v) is 6.37. The number of guanidine groups is 1. The van der Waals surface area contributed by atoms with Crippen LogP contribution in [0.2, 0.25) is 0 Å². The molecule has 1 N–H and O–H groups in total. The summed E-state index contributed by atoms with van der Waals surface area (Å²) in [6, 6.07) is 8.63. The van der Waals surface area contributed by atoms with Crippen molar-refractivity contribution < 1.29 is 8.91 Å². The van der Waals surface area contributed by atoms with Gasteiger partial charge < -0.3 is 14.7 Å². The van der Waals surface area contributed by atoms with Crippen molar-refractivity contribution in [3.8, 4) is 0 Å². The number of rotatable bonds is 6. The lowest BCUT2D eigenvalue weighted by Gasteiger charge is -2.36. The molecule has 2 aromatic rings. The summed E-state index contributed by atoms with van der Waals surface area (Å²) in [4.78, 5) is 9.38. The van der Waals surface area contributed by atoms with E-state index in [1.54, 1.807) is 18.4 Å². The van der Waals surface area contributed by atoms with Crippen molar-refractivity contribution in [2.75, 3.05) is 39.3 Å². The maximum Gasteiger partial charge on any atom is 0.194 e. The molecule has 1 aromatic carbocycles. The minimum atomic E-state index is -0.193. The number of benzene rings is 1. The van der Waals surface area contributed by atoms with E-state index in [-0.39, 0.29) is 29.8 Å². The standard InChI is InChI=1S/C19H26FN5O.HI/c1-2-21-19(22-8-6-16-4-3-5-17(20)14-16)25-11-9-24(10-12-25)15-18-7-13-26-23-18;/h3-5,7,13-14H,2,6,8-12,15H2,1H3,(H,21,22);1H. The zero-order valence-electron chi connectivity index (χ0n) is 15.6. The average Bonchev–Trinajstić information content (AvgIpc) is 3.15. The van der Waals surface area contributed by atoms with Gasteiger partial charge in [-0.3, -0.25) is 9.89 Å². The Balaban J connectivity index is 0.00000261. The van der Waals surface area contributed by atoms with Gasteiger partial charge >= 0.3 is 0 Å². The maximum atomic E-state index is 13.3. The lowest BCUT2D eigenvalue weighted by atomic mass is 10.1. The molecule has 0 atom stereocenters. The fourth-order valence-corrected chi connectivity index (χ4v) is 3.08. The lowest BCUT2D eigenvalue weighted by Crippen LogP contribution is -2.52. The summed E-state index contributed by atoms with van der Waals surface area (Å²) in [5, 5.41) is 7.34. The van der Waals surface area contributed by atoms with Crippen molar-refractivity contribution in [3.63, 3.8) is 0 Å². The van der Waals surface area contributed by atoms with Crippen LogP contribution in [0.25, 0.3) is 0 Å². The van der Waals surface area contributed by atoms with Crippen LogP contribution < -0.4 is 5.32 Å². The van der Waals surface area contributed by atoms with Crippen molar-refractivity contribution in [2.24, 2.45) is 4.99 Å². The molecular formula is C19H27FIN5O. The number of piperazine rings is 1. The first-order valence-electron chi connectivity index (χ1n) is 9.14. The molecule has 0 amide bonds. The summed E-state index contributed by atoms with van der Waals surface area (Å²) in [6.45, 7) is 8.12. The molecule has 0 unspecified atom stereocenters. The number of halogens is 2. The van der Waals surface area contributed by atoms with Crippen molar-refractivity contribution in [2.45, 2.75) is 19.9 Å². The Morgan fingerprint density at radius 1 is 1.26 bits per heavy atom. The van der Waals surface area contributed by atoms with Crippen LogP contribution in [-0.4, -0.2) is 60.2 Å². The predicted molar refractivity (Wildman–Crippen MR) is 115 cm³/mol. The Hall–Kier alpha value is -1.68. The first kappa shape index (κ1) is 21.6. The summed E-state index contributed by atoms with van der Waals surface area (Å²) in [5.41, 5.74) is 1.94. The summed E-state index contributed by atoms with van der Waals surface area (Å²) in [6.07, 6.45) is 2.35. The van der Waals surface area contributed by atoms with E-state index in [0.717, 1.165) is 62.9 Å². The van der Waals surface area contributed by atoms with Crippen molar-refractivity contribution in [1.82, 2.24) is 20.3 Å². The molecule has 8 heteroatoms. The highest BCUT2D eigenvalue weighted by molar-refractivity contribution is 14.0. The molecule has 1 aromatic heterocycles. The number of aliphatic imine (C=N–C) groups is 1. The van der Waals surface area contributed by atoms with Crippen molar-refractivity contribution >= 4 is 29.9 Å². The van der Waals surface area contributed by atoms with E-state index >= 15 is 0 Å². The van der Waals surface area contributed by atoms with E-state index in [9.17, 15) is 4.39 Å². The molecule has 3 rings (SSSR count). The van der Waals surface area contributed by atoms with Gasteiger partial charge in [0, 0.05) is 51.9 Å². The molecule has 1 aliphatic rings. The van der Waals surface area contributed by atoms with Gasteiger partial charge in [0.05, 0.1) is 5.69 Å². The van der Waals surface area contributed by atoms with E-state index < -0.39 is 0 Å². The fraction of sp³-hybridized carbons (Fsp3) is 0.474. The highest BCUT2D eigenvalue weighted by Gasteiger charge is 2.20. The molecule has 0 spiro atoms. The third-order valence-corrected chi connectivity index (χ3v) is 4.43. The zero-order chi connectivity index (χ0) is 18.2. The van der Waals surface area contributed by atoms with Crippen LogP contribution in [0.4, 0.5) is 4.39 Å². The van der Waals surface area contributed by atoms with Gasteiger partial charge in [-0.1, -0.05) is 17.3 Å². The predicted octanol–water partition coefficient (Wildman–Crippen LogP) is 2.76. The molecule has 0 aliphatic carbocycles. The van der Waals surface area contributed by atoms with Crippen LogP contribution in [-0.2, 0) is 13.0 Å².